The molecule has 3 atom stereocenters. The summed E-state index contributed by atoms with van der Waals surface area (Å²) >= 11 is 0. The lowest BCUT2D eigenvalue weighted by Crippen LogP contribution is -2.26. The molecule has 0 spiro atoms. The van der Waals surface area contributed by atoms with Crippen LogP contribution in [-0.2, 0) is 9.53 Å². The molecule has 42 heavy (non-hydrogen) atoms. The van der Waals surface area contributed by atoms with Crippen LogP contribution in [-0.4, -0.2) is 18.7 Å². The highest BCUT2D eigenvalue weighted by Gasteiger charge is 2.36. The number of carbonyl (C=O) groups excluding carboxylic acids is 1. The van der Waals surface area contributed by atoms with Crippen LogP contribution in [0.3, 0.4) is 0 Å². The van der Waals surface area contributed by atoms with Crippen LogP contribution in [0.5, 0.6) is 5.75 Å². The van der Waals surface area contributed by atoms with Gasteiger partial charge in [-0.15, -0.1) is 0 Å². The topological polar surface area (TPSA) is 59.3 Å². The first-order valence-electron chi connectivity index (χ1n) is 16.6. The van der Waals surface area contributed by atoms with E-state index >= 15 is 0 Å². The standard InChI is InChI=1S/C38H53NO3/c1-4-16-31(3)42-36-24-22-33(23-25-36)32-18-20-34(21-19-32)35-17-15-27-38(29-35,30-39)26-13-11-9-7-6-8-10-12-14-28-41-37(40)5-2/h5,18-25,31,35H,2,4,6-17,26-29H2,1,3H3. The van der Waals surface area contributed by atoms with E-state index in [1.807, 2.05) is 0 Å². The molecule has 4 nitrogen and oxygen atoms in total. The van der Waals surface area contributed by atoms with E-state index < -0.39 is 0 Å². The van der Waals surface area contributed by atoms with Gasteiger partial charge in [0.15, 0.2) is 0 Å². The molecule has 0 amide bonds. The summed E-state index contributed by atoms with van der Waals surface area (Å²) in [5.74, 6) is 1.08. The van der Waals surface area contributed by atoms with Crippen molar-refractivity contribution in [2.24, 2.45) is 5.41 Å². The van der Waals surface area contributed by atoms with Crippen LogP contribution >= 0.6 is 0 Å². The van der Waals surface area contributed by atoms with Gasteiger partial charge in [-0.25, -0.2) is 4.79 Å². The van der Waals surface area contributed by atoms with Crippen molar-refractivity contribution < 1.29 is 14.3 Å². The molecular weight excluding hydrogens is 518 g/mol. The van der Waals surface area contributed by atoms with Gasteiger partial charge in [0.1, 0.15) is 5.75 Å². The van der Waals surface area contributed by atoms with Crippen molar-refractivity contribution >= 4 is 5.97 Å². The Labute approximate surface area is 255 Å². The normalized spacial score (nSPS) is 19.0. The highest BCUT2D eigenvalue weighted by molar-refractivity contribution is 5.81. The molecule has 1 aliphatic carbocycles. The average Bonchev–Trinajstić information content (AvgIpc) is 3.02. The Morgan fingerprint density at radius 2 is 1.57 bits per heavy atom. The molecule has 1 aliphatic rings. The van der Waals surface area contributed by atoms with Crippen LogP contribution in [0.15, 0.2) is 61.2 Å². The number of benzene rings is 2. The smallest absolute Gasteiger partial charge is 0.330 e. The zero-order chi connectivity index (χ0) is 30.0. The summed E-state index contributed by atoms with van der Waals surface area (Å²) in [6.45, 7) is 8.23. The molecule has 1 fully saturated rings. The maximum Gasteiger partial charge on any atom is 0.330 e. The van der Waals surface area contributed by atoms with Crippen molar-refractivity contribution in [3.8, 4) is 22.9 Å². The van der Waals surface area contributed by atoms with E-state index in [9.17, 15) is 10.1 Å². The molecule has 0 N–H and O–H groups in total. The van der Waals surface area contributed by atoms with Crippen LogP contribution in [0.25, 0.3) is 11.1 Å². The molecule has 3 rings (SSSR count). The average molecular weight is 572 g/mol. The van der Waals surface area contributed by atoms with E-state index in [0.29, 0.717) is 12.5 Å². The molecule has 1 saturated carbocycles. The molecule has 4 heteroatoms. The Kier molecular flexibility index (Phi) is 14.7. The van der Waals surface area contributed by atoms with Gasteiger partial charge in [-0.2, -0.15) is 5.26 Å². The number of hydrogen-bond donors (Lipinski definition) is 0. The van der Waals surface area contributed by atoms with Gasteiger partial charge in [0.25, 0.3) is 0 Å². The van der Waals surface area contributed by atoms with Gasteiger partial charge in [-0.1, -0.05) is 114 Å². The first-order valence-corrected chi connectivity index (χ1v) is 16.6. The first-order chi connectivity index (χ1) is 20.5. The Hall–Kier alpha value is -3.06. The Morgan fingerprint density at radius 3 is 2.17 bits per heavy atom. The highest BCUT2D eigenvalue weighted by atomic mass is 16.5. The number of nitriles is 1. The van der Waals surface area contributed by atoms with Crippen molar-refractivity contribution in [2.75, 3.05) is 6.61 Å². The van der Waals surface area contributed by atoms with Gasteiger partial charge in [0.2, 0.25) is 0 Å². The molecule has 0 radical (unpaired) electrons. The summed E-state index contributed by atoms with van der Waals surface area (Å²) in [5.41, 5.74) is 3.65. The van der Waals surface area contributed by atoms with Crippen molar-refractivity contribution in [1.29, 1.82) is 5.26 Å². The van der Waals surface area contributed by atoms with Crippen LogP contribution in [0.1, 0.15) is 128 Å². The minimum Gasteiger partial charge on any atom is -0.491 e. The zero-order valence-electron chi connectivity index (χ0n) is 26.3. The lowest BCUT2D eigenvalue weighted by molar-refractivity contribution is -0.137. The Bertz CT molecular complexity index is 1100. The van der Waals surface area contributed by atoms with Crippen molar-refractivity contribution in [3.63, 3.8) is 0 Å². The van der Waals surface area contributed by atoms with Crippen LogP contribution in [0, 0.1) is 16.7 Å². The zero-order valence-corrected chi connectivity index (χ0v) is 26.3. The van der Waals surface area contributed by atoms with Gasteiger partial charge in [0, 0.05) is 6.08 Å². The summed E-state index contributed by atoms with van der Waals surface area (Å²) in [4.78, 5) is 11.0. The largest absolute Gasteiger partial charge is 0.491 e. The van der Waals surface area contributed by atoms with Gasteiger partial charge in [-0.3, -0.25) is 0 Å². The first kappa shape index (κ1) is 33.4. The molecular formula is C38H53NO3. The molecule has 0 saturated heterocycles. The summed E-state index contributed by atoms with van der Waals surface area (Å²) < 4.78 is 11.0. The third-order valence-electron chi connectivity index (χ3n) is 8.90. The molecule has 3 unspecified atom stereocenters. The molecule has 0 aromatic heterocycles. The van der Waals surface area contributed by atoms with E-state index in [1.165, 1.54) is 67.7 Å². The Balaban J connectivity index is 1.37. The van der Waals surface area contributed by atoms with Crippen LogP contribution < -0.4 is 4.74 Å². The fourth-order valence-electron chi connectivity index (χ4n) is 6.44. The molecule has 2 aromatic carbocycles. The van der Waals surface area contributed by atoms with Gasteiger partial charge < -0.3 is 9.47 Å². The summed E-state index contributed by atoms with van der Waals surface area (Å²) in [5, 5.41) is 10.2. The summed E-state index contributed by atoms with van der Waals surface area (Å²) in [6, 6.07) is 20.3. The monoisotopic (exact) mass is 571 g/mol. The fraction of sp³-hybridized carbons (Fsp3) is 0.579. The second kappa shape index (κ2) is 18.5. The molecule has 0 aliphatic heterocycles. The third-order valence-corrected chi connectivity index (χ3v) is 8.90. The Morgan fingerprint density at radius 1 is 0.976 bits per heavy atom. The lowest BCUT2D eigenvalue weighted by atomic mass is 9.66. The molecule has 0 bridgehead atoms. The number of nitrogens with zero attached hydrogens (tertiary/aromatic N) is 1. The minimum atomic E-state index is -0.327. The maximum atomic E-state index is 11.0. The second-order valence-electron chi connectivity index (χ2n) is 12.4. The number of hydrogen-bond acceptors (Lipinski definition) is 4. The van der Waals surface area contributed by atoms with Crippen molar-refractivity contribution in [3.05, 3.63) is 66.7 Å². The minimum absolute atomic E-state index is 0.165. The van der Waals surface area contributed by atoms with Crippen LogP contribution in [0.2, 0.25) is 0 Å². The summed E-state index contributed by atoms with van der Waals surface area (Å²) in [6.07, 6.45) is 19.7. The van der Waals surface area contributed by atoms with Gasteiger partial charge >= 0.3 is 5.97 Å². The predicted molar refractivity (Wildman–Crippen MR) is 173 cm³/mol. The summed E-state index contributed by atoms with van der Waals surface area (Å²) in [7, 11) is 0. The number of ether oxygens (including phenoxy) is 2. The highest BCUT2D eigenvalue weighted by Crippen LogP contribution is 2.47. The maximum absolute atomic E-state index is 11.0. The number of rotatable bonds is 19. The molecule has 228 valence electrons. The predicted octanol–water partition coefficient (Wildman–Crippen LogP) is 10.7. The second-order valence-corrected chi connectivity index (χ2v) is 12.4. The number of unbranched alkanes of at least 4 members (excludes halogenated alkanes) is 8. The number of carbonyl (C=O) groups is 1. The molecule has 2 aromatic rings. The van der Waals surface area contributed by atoms with E-state index in [2.05, 4.69) is 75.0 Å². The lowest BCUT2D eigenvalue weighted by Gasteiger charge is -2.36. The van der Waals surface area contributed by atoms with E-state index in [4.69, 9.17) is 9.47 Å². The van der Waals surface area contributed by atoms with Gasteiger partial charge in [0.05, 0.1) is 24.2 Å². The fourth-order valence-corrected chi connectivity index (χ4v) is 6.44. The SMILES string of the molecule is C=CC(=O)OCCCCCCCCCCCC1(C#N)CCCC(c2ccc(-c3ccc(OC(C)CCC)cc3)cc2)C1. The third kappa shape index (κ3) is 11.3. The van der Waals surface area contributed by atoms with E-state index in [-0.39, 0.29) is 17.5 Å². The van der Waals surface area contributed by atoms with E-state index in [1.54, 1.807) is 0 Å². The number of esters is 1. The molecule has 0 heterocycles. The van der Waals surface area contributed by atoms with Gasteiger partial charge in [-0.05, 0) is 80.2 Å². The van der Waals surface area contributed by atoms with Crippen molar-refractivity contribution in [2.45, 2.75) is 129 Å². The van der Waals surface area contributed by atoms with E-state index in [0.717, 1.165) is 63.5 Å². The van der Waals surface area contributed by atoms with Crippen LogP contribution in [0.4, 0.5) is 0 Å². The van der Waals surface area contributed by atoms with Crippen molar-refractivity contribution in [1.82, 2.24) is 0 Å². The quantitative estimate of drug-likeness (QED) is 0.0956.